The van der Waals surface area contributed by atoms with Crippen LogP contribution in [0, 0.1) is 6.92 Å². The standard InChI is InChI=1S/C14H22N4O/c1-3-18-13(9-11(2)17-18)10-12(16-15)6-7-14-5-4-8-19-14/h4-5,8-9,12,16H,3,6-7,10,15H2,1-2H3. The molecule has 0 bridgehead atoms. The zero-order chi connectivity index (χ0) is 13.7. The Morgan fingerprint density at radius 1 is 1.53 bits per heavy atom. The molecule has 0 spiro atoms. The first-order chi connectivity index (χ1) is 9.22. The molecule has 19 heavy (non-hydrogen) atoms. The van der Waals surface area contributed by atoms with Gasteiger partial charge in [0.15, 0.2) is 0 Å². The molecular formula is C14H22N4O. The maximum atomic E-state index is 5.65. The second kappa shape index (κ2) is 6.54. The summed E-state index contributed by atoms with van der Waals surface area (Å²) in [6.07, 6.45) is 4.42. The zero-order valence-corrected chi connectivity index (χ0v) is 11.6. The Bertz CT molecular complexity index is 490. The lowest BCUT2D eigenvalue weighted by Gasteiger charge is -2.15. The summed E-state index contributed by atoms with van der Waals surface area (Å²) >= 11 is 0. The number of aromatic nitrogens is 2. The van der Waals surface area contributed by atoms with Crippen LogP contribution in [0.3, 0.4) is 0 Å². The second-order valence-electron chi connectivity index (χ2n) is 4.78. The van der Waals surface area contributed by atoms with E-state index in [4.69, 9.17) is 10.3 Å². The Morgan fingerprint density at radius 3 is 3.00 bits per heavy atom. The summed E-state index contributed by atoms with van der Waals surface area (Å²) in [6.45, 7) is 5.01. The lowest BCUT2D eigenvalue weighted by Crippen LogP contribution is -2.37. The Labute approximate surface area is 113 Å². The average molecular weight is 262 g/mol. The van der Waals surface area contributed by atoms with E-state index in [9.17, 15) is 0 Å². The monoisotopic (exact) mass is 262 g/mol. The molecule has 0 saturated carbocycles. The van der Waals surface area contributed by atoms with Crippen molar-refractivity contribution in [2.24, 2.45) is 5.84 Å². The van der Waals surface area contributed by atoms with E-state index in [1.54, 1.807) is 6.26 Å². The van der Waals surface area contributed by atoms with E-state index in [0.29, 0.717) is 0 Å². The van der Waals surface area contributed by atoms with Crippen LogP contribution in [-0.2, 0) is 19.4 Å². The SMILES string of the molecule is CCn1nc(C)cc1CC(CCc1ccco1)NN. The molecule has 1 atom stereocenters. The predicted molar refractivity (Wildman–Crippen MR) is 74.5 cm³/mol. The molecule has 2 rings (SSSR count). The van der Waals surface area contributed by atoms with Gasteiger partial charge < -0.3 is 4.42 Å². The van der Waals surface area contributed by atoms with Crippen LogP contribution in [0.4, 0.5) is 0 Å². The number of nitrogens with zero attached hydrogens (tertiary/aromatic N) is 2. The third-order valence-corrected chi connectivity index (χ3v) is 3.30. The highest BCUT2D eigenvalue weighted by Gasteiger charge is 2.13. The molecule has 0 fully saturated rings. The highest BCUT2D eigenvalue weighted by atomic mass is 16.3. The van der Waals surface area contributed by atoms with E-state index in [2.05, 4.69) is 23.5 Å². The van der Waals surface area contributed by atoms with Crippen molar-refractivity contribution in [3.8, 4) is 0 Å². The normalized spacial score (nSPS) is 12.8. The third kappa shape index (κ3) is 3.68. The first-order valence-electron chi connectivity index (χ1n) is 6.74. The molecule has 2 aromatic rings. The molecule has 0 saturated heterocycles. The van der Waals surface area contributed by atoms with Crippen molar-refractivity contribution in [1.29, 1.82) is 0 Å². The topological polar surface area (TPSA) is 69.0 Å². The predicted octanol–water partition coefficient (Wildman–Crippen LogP) is 1.81. The van der Waals surface area contributed by atoms with Gasteiger partial charge in [-0.1, -0.05) is 0 Å². The highest BCUT2D eigenvalue weighted by molar-refractivity contribution is 5.10. The highest BCUT2D eigenvalue weighted by Crippen LogP contribution is 2.11. The van der Waals surface area contributed by atoms with Crippen molar-refractivity contribution in [3.05, 3.63) is 41.6 Å². The molecule has 1 unspecified atom stereocenters. The van der Waals surface area contributed by atoms with Crippen molar-refractivity contribution in [1.82, 2.24) is 15.2 Å². The molecular weight excluding hydrogens is 240 g/mol. The number of hydrogen-bond donors (Lipinski definition) is 2. The van der Waals surface area contributed by atoms with Crippen LogP contribution in [0.1, 0.15) is 30.5 Å². The lowest BCUT2D eigenvalue weighted by molar-refractivity contribution is 0.438. The fraction of sp³-hybridized carbons (Fsp3) is 0.500. The van der Waals surface area contributed by atoms with Crippen molar-refractivity contribution < 1.29 is 4.42 Å². The van der Waals surface area contributed by atoms with Gasteiger partial charge in [-0.3, -0.25) is 16.0 Å². The quantitative estimate of drug-likeness (QED) is 0.590. The largest absolute Gasteiger partial charge is 0.469 e. The van der Waals surface area contributed by atoms with E-state index < -0.39 is 0 Å². The lowest BCUT2D eigenvalue weighted by atomic mass is 10.1. The van der Waals surface area contributed by atoms with Crippen molar-refractivity contribution in [3.63, 3.8) is 0 Å². The Hall–Kier alpha value is -1.59. The molecule has 104 valence electrons. The van der Waals surface area contributed by atoms with Gasteiger partial charge in [-0.05, 0) is 38.5 Å². The Morgan fingerprint density at radius 2 is 2.37 bits per heavy atom. The molecule has 0 aromatic carbocycles. The molecule has 2 aromatic heterocycles. The molecule has 0 radical (unpaired) electrons. The Kier molecular flexibility index (Phi) is 4.76. The van der Waals surface area contributed by atoms with E-state index >= 15 is 0 Å². The van der Waals surface area contributed by atoms with Crippen LogP contribution in [0.15, 0.2) is 28.9 Å². The summed E-state index contributed by atoms with van der Waals surface area (Å²) in [5.74, 6) is 6.65. The van der Waals surface area contributed by atoms with Crippen molar-refractivity contribution >= 4 is 0 Å². The van der Waals surface area contributed by atoms with Crippen LogP contribution in [0.25, 0.3) is 0 Å². The molecule has 0 amide bonds. The molecule has 0 aliphatic rings. The molecule has 5 heteroatoms. The minimum absolute atomic E-state index is 0.228. The maximum absolute atomic E-state index is 5.65. The van der Waals surface area contributed by atoms with Crippen molar-refractivity contribution in [2.75, 3.05) is 0 Å². The van der Waals surface area contributed by atoms with Gasteiger partial charge in [-0.15, -0.1) is 0 Å². The molecule has 0 aliphatic heterocycles. The average Bonchev–Trinajstić information content (AvgIpc) is 3.03. The summed E-state index contributed by atoms with van der Waals surface area (Å²) in [5.41, 5.74) is 5.17. The minimum Gasteiger partial charge on any atom is -0.469 e. The zero-order valence-electron chi connectivity index (χ0n) is 11.6. The van der Waals surface area contributed by atoms with Gasteiger partial charge in [0.2, 0.25) is 0 Å². The van der Waals surface area contributed by atoms with E-state index in [1.165, 1.54) is 5.69 Å². The van der Waals surface area contributed by atoms with Gasteiger partial charge in [0.25, 0.3) is 0 Å². The number of rotatable bonds is 7. The summed E-state index contributed by atoms with van der Waals surface area (Å²) < 4.78 is 7.38. The summed E-state index contributed by atoms with van der Waals surface area (Å²) in [7, 11) is 0. The van der Waals surface area contributed by atoms with Gasteiger partial charge >= 0.3 is 0 Å². The first kappa shape index (κ1) is 13.8. The number of nitrogens with two attached hydrogens (primary N) is 1. The van der Waals surface area contributed by atoms with Crippen LogP contribution in [0.2, 0.25) is 0 Å². The van der Waals surface area contributed by atoms with Crippen LogP contribution < -0.4 is 11.3 Å². The molecule has 2 heterocycles. The number of aryl methyl sites for hydroxylation is 3. The number of nitrogens with one attached hydrogen (secondary N) is 1. The number of hydrazine groups is 1. The maximum Gasteiger partial charge on any atom is 0.103 e. The first-order valence-corrected chi connectivity index (χ1v) is 6.74. The molecule has 5 nitrogen and oxygen atoms in total. The molecule has 0 aliphatic carbocycles. The van der Waals surface area contributed by atoms with Gasteiger partial charge in [0.1, 0.15) is 5.76 Å². The second-order valence-corrected chi connectivity index (χ2v) is 4.78. The smallest absolute Gasteiger partial charge is 0.103 e. The van der Waals surface area contributed by atoms with Crippen molar-refractivity contribution in [2.45, 2.75) is 45.7 Å². The van der Waals surface area contributed by atoms with Gasteiger partial charge in [-0.2, -0.15) is 5.10 Å². The van der Waals surface area contributed by atoms with Gasteiger partial charge in [0.05, 0.1) is 12.0 Å². The van der Waals surface area contributed by atoms with Crippen LogP contribution in [0.5, 0.6) is 0 Å². The third-order valence-electron chi connectivity index (χ3n) is 3.30. The summed E-state index contributed by atoms with van der Waals surface area (Å²) in [5, 5.41) is 4.46. The number of hydrogen-bond acceptors (Lipinski definition) is 4. The van der Waals surface area contributed by atoms with Crippen LogP contribution >= 0.6 is 0 Å². The van der Waals surface area contributed by atoms with Gasteiger partial charge in [-0.25, -0.2) is 0 Å². The number of furan rings is 1. The fourth-order valence-electron chi connectivity index (χ4n) is 2.31. The van der Waals surface area contributed by atoms with E-state index in [0.717, 1.165) is 37.3 Å². The molecule has 3 N–H and O–H groups in total. The van der Waals surface area contributed by atoms with Gasteiger partial charge in [0, 0.05) is 31.1 Å². The van der Waals surface area contributed by atoms with E-state index in [1.807, 2.05) is 23.7 Å². The van der Waals surface area contributed by atoms with E-state index in [-0.39, 0.29) is 6.04 Å². The summed E-state index contributed by atoms with van der Waals surface area (Å²) in [4.78, 5) is 0. The summed E-state index contributed by atoms with van der Waals surface area (Å²) in [6, 6.07) is 6.26. The minimum atomic E-state index is 0.228. The Balaban J connectivity index is 1.94. The van der Waals surface area contributed by atoms with Crippen LogP contribution in [-0.4, -0.2) is 15.8 Å². The fourth-order valence-corrected chi connectivity index (χ4v) is 2.31.